The van der Waals surface area contributed by atoms with Crippen LogP contribution in [0.2, 0.25) is 5.02 Å². The standard InChI is InChI=1S/C13H17ClF3NO2/c1-8(2)20-7-10(19)6-18-12-4-3-9(14)5-11(12)13(15,16)17/h3-5,8,10,18-19H,6-7H2,1-2H3. The molecule has 0 amide bonds. The van der Waals surface area contributed by atoms with Gasteiger partial charge in [-0.25, -0.2) is 0 Å². The van der Waals surface area contributed by atoms with Gasteiger partial charge in [0.2, 0.25) is 0 Å². The van der Waals surface area contributed by atoms with Crippen molar-refractivity contribution in [3.63, 3.8) is 0 Å². The van der Waals surface area contributed by atoms with Crippen LogP contribution in [-0.4, -0.2) is 30.5 Å². The fourth-order valence-electron chi connectivity index (χ4n) is 1.50. The van der Waals surface area contributed by atoms with Crippen LogP contribution in [0.5, 0.6) is 0 Å². The average molecular weight is 312 g/mol. The smallest absolute Gasteiger partial charge is 0.389 e. The van der Waals surface area contributed by atoms with Crippen molar-refractivity contribution in [3.05, 3.63) is 28.8 Å². The molecule has 1 rings (SSSR count). The largest absolute Gasteiger partial charge is 0.418 e. The summed E-state index contributed by atoms with van der Waals surface area (Å²) in [4.78, 5) is 0. The fourth-order valence-corrected chi connectivity index (χ4v) is 1.67. The molecule has 1 aromatic rings. The zero-order valence-corrected chi connectivity index (χ0v) is 11.9. The Morgan fingerprint density at radius 2 is 2.00 bits per heavy atom. The quantitative estimate of drug-likeness (QED) is 0.844. The van der Waals surface area contributed by atoms with E-state index < -0.39 is 17.8 Å². The maximum atomic E-state index is 12.8. The topological polar surface area (TPSA) is 41.5 Å². The summed E-state index contributed by atoms with van der Waals surface area (Å²) < 4.78 is 43.6. The Labute approximate surface area is 120 Å². The van der Waals surface area contributed by atoms with Crippen molar-refractivity contribution in [1.82, 2.24) is 0 Å². The van der Waals surface area contributed by atoms with Gasteiger partial charge in [-0.15, -0.1) is 0 Å². The molecule has 0 aromatic heterocycles. The molecular formula is C13H17ClF3NO2. The lowest BCUT2D eigenvalue weighted by molar-refractivity contribution is -0.137. The third-order valence-electron chi connectivity index (χ3n) is 2.44. The van der Waals surface area contributed by atoms with Crippen LogP contribution in [0, 0.1) is 0 Å². The van der Waals surface area contributed by atoms with E-state index in [1.807, 2.05) is 0 Å². The van der Waals surface area contributed by atoms with Crippen molar-refractivity contribution in [2.75, 3.05) is 18.5 Å². The van der Waals surface area contributed by atoms with Crippen LogP contribution in [0.3, 0.4) is 0 Å². The van der Waals surface area contributed by atoms with Crippen LogP contribution in [0.25, 0.3) is 0 Å². The van der Waals surface area contributed by atoms with Gasteiger partial charge in [0.25, 0.3) is 0 Å². The molecule has 0 aliphatic carbocycles. The summed E-state index contributed by atoms with van der Waals surface area (Å²) in [5, 5.41) is 12.2. The molecule has 0 saturated heterocycles. The molecule has 2 N–H and O–H groups in total. The van der Waals surface area contributed by atoms with E-state index in [-0.39, 0.29) is 30.0 Å². The average Bonchev–Trinajstić information content (AvgIpc) is 2.33. The summed E-state index contributed by atoms with van der Waals surface area (Å²) in [5.74, 6) is 0. The van der Waals surface area contributed by atoms with E-state index in [0.29, 0.717) is 0 Å². The fraction of sp³-hybridized carbons (Fsp3) is 0.538. The van der Waals surface area contributed by atoms with Crippen LogP contribution in [0.1, 0.15) is 19.4 Å². The lowest BCUT2D eigenvalue weighted by Crippen LogP contribution is -2.27. The van der Waals surface area contributed by atoms with Crippen LogP contribution in [-0.2, 0) is 10.9 Å². The summed E-state index contributed by atoms with van der Waals surface area (Å²) in [6, 6.07) is 3.44. The molecule has 7 heteroatoms. The van der Waals surface area contributed by atoms with Crippen molar-refractivity contribution in [2.45, 2.75) is 32.2 Å². The van der Waals surface area contributed by atoms with Gasteiger partial charge in [0.05, 0.1) is 24.4 Å². The Hall–Kier alpha value is -0.980. The highest BCUT2D eigenvalue weighted by molar-refractivity contribution is 6.30. The van der Waals surface area contributed by atoms with Gasteiger partial charge in [0.1, 0.15) is 0 Å². The van der Waals surface area contributed by atoms with Crippen molar-refractivity contribution in [2.24, 2.45) is 0 Å². The maximum absolute atomic E-state index is 12.8. The normalized spacial score (nSPS) is 13.6. The van der Waals surface area contributed by atoms with Gasteiger partial charge >= 0.3 is 6.18 Å². The van der Waals surface area contributed by atoms with Gasteiger partial charge in [-0.1, -0.05) is 11.6 Å². The Balaban J connectivity index is 2.68. The summed E-state index contributed by atoms with van der Waals surface area (Å²) in [7, 11) is 0. The number of alkyl halides is 3. The molecule has 0 fully saturated rings. The van der Waals surface area contributed by atoms with Gasteiger partial charge in [-0.05, 0) is 32.0 Å². The molecule has 1 aromatic carbocycles. The lowest BCUT2D eigenvalue weighted by Gasteiger charge is -2.18. The minimum absolute atomic E-state index is 0.00608. The molecule has 0 saturated carbocycles. The SMILES string of the molecule is CC(C)OCC(O)CNc1ccc(Cl)cc1C(F)(F)F. The number of hydrogen-bond donors (Lipinski definition) is 2. The molecule has 1 atom stereocenters. The van der Waals surface area contributed by atoms with Crippen LogP contribution in [0.15, 0.2) is 18.2 Å². The van der Waals surface area contributed by atoms with Gasteiger partial charge in [-0.2, -0.15) is 13.2 Å². The van der Waals surface area contributed by atoms with E-state index >= 15 is 0 Å². The number of aliphatic hydroxyl groups is 1. The van der Waals surface area contributed by atoms with Crippen molar-refractivity contribution in [3.8, 4) is 0 Å². The monoisotopic (exact) mass is 311 g/mol. The number of rotatable bonds is 6. The van der Waals surface area contributed by atoms with Gasteiger partial charge in [0, 0.05) is 17.3 Å². The molecule has 0 spiro atoms. The minimum Gasteiger partial charge on any atom is -0.389 e. The van der Waals surface area contributed by atoms with Crippen molar-refractivity contribution in [1.29, 1.82) is 0 Å². The number of benzene rings is 1. The first kappa shape index (κ1) is 17.1. The second-order valence-electron chi connectivity index (χ2n) is 4.60. The molecule has 0 heterocycles. The number of ether oxygens (including phenoxy) is 1. The lowest BCUT2D eigenvalue weighted by atomic mass is 10.1. The Morgan fingerprint density at radius 1 is 1.35 bits per heavy atom. The zero-order chi connectivity index (χ0) is 15.3. The molecule has 20 heavy (non-hydrogen) atoms. The highest BCUT2D eigenvalue weighted by Crippen LogP contribution is 2.36. The summed E-state index contributed by atoms with van der Waals surface area (Å²) >= 11 is 5.57. The molecule has 1 unspecified atom stereocenters. The van der Waals surface area contributed by atoms with E-state index in [1.54, 1.807) is 13.8 Å². The predicted octanol–water partition coefficient (Wildman–Crippen LogP) is 3.56. The van der Waals surface area contributed by atoms with E-state index in [2.05, 4.69) is 5.32 Å². The van der Waals surface area contributed by atoms with Crippen molar-refractivity contribution < 1.29 is 23.0 Å². The summed E-state index contributed by atoms with van der Waals surface area (Å²) in [6.07, 6.45) is -5.45. The number of nitrogens with one attached hydrogen (secondary N) is 1. The third kappa shape index (κ3) is 5.56. The second-order valence-corrected chi connectivity index (χ2v) is 5.04. The van der Waals surface area contributed by atoms with Crippen molar-refractivity contribution >= 4 is 17.3 Å². The third-order valence-corrected chi connectivity index (χ3v) is 2.67. The zero-order valence-electron chi connectivity index (χ0n) is 11.2. The highest BCUT2D eigenvalue weighted by atomic mass is 35.5. The van der Waals surface area contributed by atoms with E-state index in [4.69, 9.17) is 16.3 Å². The van der Waals surface area contributed by atoms with Gasteiger partial charge < -0.3 is 15.2 Å². The van der Waals surface area contributed by atoms with E-state index in [1.165, 1.54) is 12.1 Å². The first-order valence-electron chi connectivity index (χ1n) is 6.10. The number of halogens is 4. The van der Waals surface area contributed by atoms with E-state index in [9.17, 15) is 18.3 Å². The number of anilines is 1. The van der Waals surface area contributed by atoms with Crippen LogP contribution >= 0.6 is 11.6 Å². The maximum Gasteiger partial charge on any atom is 0.418 e. The first-order valence-corrected chi connectivity index (χ1v) is 6.48. The molecule has 114 valence electrons. The highest BCUT2D eigenvalue weighted by Gasteiger charge is 2.33. The predicted molar refractivity (Wildman–Crippen MR) is 72.0 cm³/mol. The van der Waals surface area contributed by atoms with Gasteiger partial charge in [0.15, 0.2) is 0 Å². The number of hydrogen-bond acceptors (Lipinski definition) is 3. The molecule has 0 bridgehead atoms. The van der Waals surface area contributed by atoms with E-state index in [0.717, 1.165) is 6.07 Å². The second kappa shape index (κ2) is 7.15. The molecule has 0 aliphatic rings. The first-order chi connectivity index (χ1) is 9.20. The summed E-state index contributed by atoms with van der Waals surface area (Å²) in [6.45, 7) is 3.62. The summed E-state index contributed by atoms with van der Waals surface area (Å²) in [5.41, 5.74) is -0.979. The number of aliphatic hydroxyl groups excluding tert-OH is 1. The molecular weight excluding hydrogens is 295 g/mol. The van der Waals surface area contributed by atoms with Crippen LogP contribution < -0.4 is 5.32 Å². The van der Waals surface area contributed by atoms with Gasteiger partial charge in [-0.3, -0.25) is 0 Å². The molecule has 0 aliphatic heterocycles. The molecule has 0 radical (unpaired) electrons. The van der Waals surface area contributed by atoms with Crippen LogP contribution in [0.4, 0.5) is 18.9 Å². The minimum atomic E-state index is -4.51. The molecule has 3 nitrogen and oxygen atoms in total. The Kier molecular flexibility index (Phi) is 6.10. The Morgan fingerprint density at radius 3 is 2.55 bits per heavy atom. The Bertz CT molecular complexity index is 438.